The van der Waals surface area contributed by atoms with E-state index in [1.165, 1.54) is 16.4 Å². The lowest BCUT2D eigenvalue weighted by atomic mass is 10.1. The topological polar surface area (TPSA) is 46.6 Å². The van der Waals surface area contributed by atoms with Crippen molar-refractivity contribution in [3.63, 3.8) is 0 Å². The first-order valence-corrected chi connectivity index (χ1v) is 8.43. The number of halogens is 1. The Kier molecular flexibility index (Phi) is 3.88. The van der Waals surface area contributed by atoms with Crippen molar-refractivity contribution in [2.24, 2.45) is 0 Å². The summed E-state index contributed by atoms with van der Waals surface area (Å²) >= 11 is 0. The van der Waals surface area contributed by atoms with Gasteiger partial charge in [-0.1, -0.05) is 18.2 Å². The molecule has 0 spiro atoms. The van der Waals surface area contributed by atoms with Gasteiger partial charge in [-0.3, -0.25) is 0 Å². The highest BCUT2D eigenvalue weighted by molar-refractivity contribution is 7.89. The second-order valence-corrected chi connectivity index (χ2v) is 7.02. The van der Waals surface area contributed by atoms with Gasteiger partial charge in [-0.2, -0.15) is 4.31 Å². The van der Waals surface area contributed by atoms with Gasteiger partial charge in [0.15, 0.2) is 0 Å². The molecule has 2 aromatic carbocycles. The number of sulfonamides is 1. The van der Waals surface area contributed by atoms with Crippen LogP contribution in [0.3, 0.4) is 0 Å². The first-order chi connectivity index (χ1) is 10.5. The molecule has 0 radical (unpaired) electrons. The summed E-state index contributed by atoms with van der Waals surface area (Å²) in [5, 5.41) is 0. The summed E-state index contributed by atoms with van der Waals surface area (Å²) in [5.74, 6) is 0.239. The Morgan fingerprint density at radius 3 is 2.55 bits per heavy atom. The van der Waals surface area contributed by atoms with Crippen molar-refractivity contribution in [3.05, 3.63) is 59.9 Å². The first kappa shape index (κ1) is 15.0. The summed E-state index contributed by atoms with van der Waals surface area (Å²) in [7, 11) is -3.71. The Morgan fingerprint density at radius 1 is 1.14 bits per heavy atom. The Labute approximate surface area is 129 Å². The molecule has 116 valence electrons. The molecule has 2 aromatic rings. The van der Waals surface area contributed by atoms with Crippen LogP contribution in [-0.2, 0) is 10.0 Å². The predicted molar refractivity (Wildman–Crippen MR) is 80.6 cm³/mol. The fourth-order valence-electron chi connectivity index (χ4n) is 2.62. The van der Waals surface area contributed by atoms with E-state index >= 15 is 0 Å². The highest BCUT2D eigenvalue weighted by Gasteiger charge is 2.33. The minimum absolute atomic E-state index is 0.0835. The van der Waals surface area contributed by atoms with Crippen molar-refractivity contribution in [1.29, 1.82) is 0 Å². The molecule has 0 aliphatic carbocycles. The number of fused-ring (bicyclic) bond motifs is 1. The van der Waals surface area contributed by atoms with Crippen LogP contribution < -0.4 is 4.74 Å². The van der Waals surface area contributed by atoms with Crippen LogP contribution in [0.2, 0.25) is 0 Å². The third-order valence-electron chi connectivity index (χ3n) is 3.79. The number of rotatable bonds is 2. The van der Waals surface area contributed by atoms with E-state index in [1.807, 2.05) is 31.2 Å². The van der Waals surface area contributed by atoms with Crippen LogP contribution in [0.5, 0.6) is 5.75 Å². The van der Waals surface area contributed by atoms with Crippen LogP contribution in [0.4, 0.5) is 4.39 Å². The molecule has 4 nitrogen and oxygen atoms in total. The largest absolute Gasteiger partial charge is 0.492 e. The maximum atomic E-state index is 13.0. The molecule has 0 fully saturated rings. The number of ether oxygens (including phenoxy) is 1. The van der Waals surface area contributed by atoms with Gasteiger partial charge in [-0.05, 0) is 37.3 Å². The van der Waals surface area contributed by atoms with E-state index < -0.39 is 15.8 Å². The third kappa shape index (κ3) is 2.60. The molecule has 6 heteroatoms. The fraction of sp³-hybridized carbons (Fsp3) is 0.250. The van der Waals surface area contributed by atoms with Crippen molar-refractivity contribution >= 4 is 10.0 Å². The molecule has 1 atom stereocenters. The lowest BCUT2D eigenvalue weighted by Gasteiger charge is -2.26. The van der Waals surface area contributed by atoms with Crippen molar-refractivity contribution < 1.29 is 17.5 Å². The summed E-state index contributed by atoms with van der Waals surface area (Å²) < 4.78 is 45.7. The Hall–Kier alpha value is -1.92. The van der Waals surface area contributed by atoms with Gasteiger partial charge in [0.25, 0.3) is 0 Å². The van der Waals surface area contributed by atoms with Gasteiger partial charge in [-0.25, -0.2) is 12.8 Å². The second kappa shape index (κ2) is 5.70. The predicted octanol–water partition coefficient (Wildman–Crippen LogP) is 2.97. The van der Waals surface area contributed by atoms with E-state index in [0.717, 1.165) is 17.7 Å². The average Bonchev–Trinajstić information content (AvgIpc) is 2.68. The number of hydrogen-bond donors (Lipinski definition) is 0. The van der Waals surface area contributed by atoms with Crippen LogP contribution in [0.25, 0.3) is 0 Å². The maximum absolute atomic E-state index is 13.0. The first-order valence-electron chi connectivity index (χ1n) is 6.99. The lowest BCUT2D eigenvalue weighted by molar-refractivity contribution is 0.278. The van der Waals surface area contributed by atoms with E-state index in [0.29, 0.717) is 5.75 Å². The molecular formula is C16H16FNO3S. The Balaban J connectivity index is 2.02. The van der Waals surface area contributed by atoms with E-state index in [4.69, 9.17) is 4.74 Å². The van der Waals surface area contributed by atoms with Crippen molar-refractivity contribution in [3.8, 4) is 5.75 Å². The summed E-state index contributed by atoms with van der Waals surface area (Å²) in [5.41, 5.74) is 0.825. The second-order valence-electron chi connectivity index (χ2n) is 5.13. The van der Waals surface area contributed by atoms with Crippen molar-refractivity contribution in [1.82, 2.24) is 4.31 Å². The standard InChI is InChI=1S/C16H16FNO3S/c1-12-15-4-2-3-5-16(15)21-11-10-18(12)22(19,20)14-8-6-13(17)7-9-14/h2-9,12H,10-11H2,1H3. The summed E-state index contributed by atoms with van der Waals surface area (Å²) in [6.07, 6.45) is 0. The van der Waals surface area contributed by atoms with E-state index in [9.17, 15) is 12.8 Å². The molecule has 1 unspecified atom stereocenters. The molecule has 0 bridgehead atoms. The smallest absolute Gasteiger partial charge is 0.243 e. The summed E-state index contributed by atoms with van der Waals surface area (Å²) in [6, 6.07) is 11.9. The van der Waals surface area contributed by atoms with Crippen LogP contribution in [0.1, 0.15) is 18.5 Å². The molecule has 1 heterocycles. The van der Waals surface area contributed by atoms with E-state index in [1.54, 1.807) is 0 Å². The SMILES string of the molecule is CC1c2ccccc2OCCN1S(=O)(=O)c1ccc(F)cc1. The average molecular weight is 321 g/mol. The summed E-state index contributed by atoms with van der Waals surface area (Å²) in [6.45, 7) is 2.35. The van der Waals surface area contributed by atoms with E-state index in [-0.39, 0.29) is 24.1 Å². The molecule has 0 aromatic heterocycles. The van der Waals surface area contributed by atoms with Gasteiger partial charge in [0.05, 0.1) is 10.9 Å². The van der Waals surface area contributed by atoms with E-state index in [2.05, 4.69) is 0 Å². The van der Waals surface area contributed by atoms with Gasteiger partial charge in [0, 0.05) is 12.1 Å². The zero-order valence-corrected chi connectivity index (χ0v) is 12.9. The molecule has 22 heavy (non-hydrogen) atoms. The molecule has 0 amide bonds. The number of benzene rings is 2. The maximum Gasteiger partial charge on any atom is 0.243 e. The van der Waals surface area contributed by atoms with Gasteiger partial charge in [0.2, 0.25) is 10.0 Å². The molecular weight excluding hydrogens is 305 g/mol. The quantitative estimate of drug-likeness (QED) is 0.854. The van der Waals surface area contributed by atoms with Crippen molar-refractivity contribution in [2.45, 2.75) is 17.9 Å². The highest BCUT2D eigenvalue weighted by Crippen LogP contribution is 2.34. The normalized spacial score (nSPS) is 19.1. The molecule has 3 rings (SSSR count). The lowest BCUT2D eigenvalue weighted by Crippen LogP contribution is -2.35. The number of nitrogens with zero attached hydrogens (tertiary/aromatic N) is 1. The molecule has 0 saturated heterocycles. The monoisotopic (exact) mass is 321 g/mol. The third-order valence-corrected chi connectivity index (χ3v) is 5.77. The highest BCUT2D eigenvalue weighted by atomic mass is 32.2. The van der Waals surface area contributed by atoms with Crippen LogP contribution in [0.15, 0.2) is 53.4 Å². The molecule has 0 saturated carbocycles. The fourth-order valence-corrected chi connectivity index (χ4v) is 4.22. The van der Waals surface area contributed by atoms with Crippen LogP contribution in [0, 0.1) is 5.82 Å². The van der Waals surface area contributed by atoms with Gasteiger partial charge in [0.1, 0.15) is 18.2 Å². The zero-order chi connectivity index (χ0) is 15.7. The van der Waals surface area contributed by atoms with Gasteiger partial charge in [-0.15, -0.1) is 0 Å². The molecule has 1 aliphatic heterocycles. The van der Waals surface area contributed by atoms with Gasteiger partial charge < -0.3 is 4.74 Å². The zero-order valence-electron chi connectivity index (χ0n) is 12.1. The summed E-state index contributed by atoms with van der Waals surface area (Å²) in [4.78, 5) is 0.0835. The minimum atomic E-state index is -3.71. The number of para-hydroxylation sites is 1. The van der Waals surface area contributed by atoms with Gasteiger partial charge >= 0.3 is 0 Å². The molecule has 1 aliphatic rings. The van der Waals surface area contributed by atoms with Crippen molar-refractivity contribution in [2.75, 3.05) is 13.2 Å². The van der Waals surface area contributed by atoms with Crippen LogP contribution >= 0.6 is 0 Å². The Bertz CT molecular complexity index is 774. The minimum Gasteiger partial charge on any atom is -0.492 e. The van der Waals surface area contributed by atoms with Crippen LogP contribution in [-0.4, -0.2) is 25.9 Å². The molecule has 0 N–H and O–H groups in total. The number of hydrogen-bond acceptors (Lipinski definition) is 3. The Morgan fingerprint density at radius 2 is 1.82 bits per heavy atom.